The minimum Gasteiger partial charge on any atom is -0.493 e. The van der Waals surface area contributed by atoms with E-state index in [0.717, 1.165) is 6.07 Å². The molecule has 0 saturated heterocycles. The van der Waals surface area contributed by atoms with Crippen molar-refractivity contribution in [2.45, 2.75) is 11.8 Å². The number of hydrogen-bond donors (Lipinski definition) is 3. The number of nitriles is 1. The zero-order valence-electron chi connectivity index (χ0n) is 11.7. The Kier molecular flexibility index (Phi) is 4.26. The highest BCUT2D eigenvalue weighted by atomic mass is 32.2. The van der Waals surface area contributed by atoms with E-state index in [1.165, 1.54) is 25.1 Å². The zero-order valence-corrected chi connectivity index (χ0v) is 12.5. The summed E-state index contributed by atoms with van der Waals surface area (Å²) >= 11 is 0. The van der Waals surface area contributed by atoms with Crippen LogP contribution in [-0.4, -0.2) is 23.1 Å². The Labute approximate surface area is 130 Å². The van der Waals surface area contributed by atoms with E-state index in [2.05, 4.69) is 10.2 Å². The number of aromatic hydroxyl groups is 1. The predicted octanol–water partition coefficient (Wildman–Crippen LogP) is 1.92. The second kappa shape index (κ2) is 5.99. The van der Waals surface area contributed by atoms with Gasteiger partial charge in [0.2, 0.25) is 5.88 Å². The van der Waals surface area contributed by atoms with Gasteiger partial charge in [0.05, 0.1) is 0 Å². The lowest BCUT2D eigenvalue weighted by atomic mass is 10.1. The number of aromatic nitrogens is 1. The molecule has 10 heteroatoms. The highest BCUT2D eigenvalue weighted by molar-refractivity contribution is 7.86. The number of nitrogens with zero attached hydrogens (tertiary/aromatic N) is 3. The van der Waals surface area contributed by atoms with E-state index in [-0.39, 0.29) is 22.5 Å². The summed E-state index contributed by atoms with van der Waals surface area (Å²) in [4.78, 5) is 13.1. The summed E-state index contributed by atoms with van der Waals surface area (Å²) in [7, 11) is -4.50. The van der Waals surface area contributed by atoms with Crippen molar-refractivity contribution in [2.75, 3.05) is 0 Å². The molecule has 0 bridgehead atoms. The van der Waals surface area contributed by atoms with E-state index >= 15 is 0 Å². The van der Waals surface area contributed by atoms with Crippen LogP contribution in [-0.2, 0) is 10.1 Å². The van der Waals surface area contributed by atoms with E-state index in [1.54, 1.807) is 6.07 Å². The summed E-state index contributed by atoms with van der Waals surface area (Å²) in [5.74, 6) is -0.611. The molecule has 0 aliphatic heterocycles. The summed E-state index contributed by atoms with van der Waals surface area (Å²) in [6.45, 7) is 1.39. The number of hydrogen-bond acceptors (Lipinski definition) is 7. The monoisotopic (exact) mass is 334 g/mol. The van der Waals surface area contributed by atoms with Gasteiger partial charge in [-0.05, 0) is 19.1 Å². The third-order valence-electron chi connectivity index (χ3n) is 2.93. The third-order valence-corrected chi connectivity index (χ3v) is 3.83. The molecule has 9 nitrogen and oxygen atoms in total. The van der Waals surface area contributed by atoms with Crippen LogP contribution in [0.25, 0.3) is 0 Å². The van der Waals surface area contributed by atoms with Crippen LogP contribution in [0.3, 0.4) is 0 Å². The SMILES string of the molecule is Cc1c(/N=N/c2ccccc2S(=O)(=O)O)c(O)[nH]c(=O)c1C#N. The standard InChI is InChI=1S/C13H10N4O5S/c1-7-8(6-14)12(18)15-13(19)11(7)17-16-9-4-2-3-5-10(9)23(20,21)22/h2-5H,1H3,(H2,15,18,19)(H,20,21,22)/b17-16+. The molecule has 0 radical (unpaired) electrons. The molecule has 1 aromatic heterocycles. The van der Waals surface area contributed by atoms with Crippen molar-refractivity contribution in [2.24, 2.45) is 10.2 Å². The van der Waals surface area contributed by atoms with Crippen molar-refractivity contribution in [1.82, 2.24) is 4.98 Å². The molecular formula is C13H10N4O5S. The number of aromatic amines is 1. The van der Waals surface area contributed by atoms with Crippen molar-refractivity contribution < 1.29 is 18.1 Å². The molecule has 0 aliphatic carbocycles. The van der Waals surface area contributed by atoms with E-state index < -0.39 is 26.5 Å². The smallest absolute Gasteiger partial charge is 0.296 e. The summed E-state index contributed by atoms with van der Waals surface area (Å²) in [5, 5.41) is 26.0. The Morgan fingerprint density at radius 1 is 1.26 bits per heavy atom. The molecule has 0 atom stereocenters. The molecule has 23 heavy (non-hydrogen) atoms. The van der Waals surface area contributed by atoms with Gasteiger partial charge in [-0.25, -0.2) is 0 Å². The maximum Gasteiger partial charge on any atom is 0.296 e. The fourth-order valence-electron chi connectivity index (χ4n) is 1.81. The average Bonchev–Trinajstić information content (AvgIpc) is 2.46. The molecule has 2 rings (SSSR count). The van der Waals surface area contributed by atoms with E-state index in [1.807, 2.05) is 4.98 Å². The van der Waals surface area contributed by atoms with Gasteiger partial charge >= 0.3 is 0 Å². The van der Waals surface area contributed by atoms with Crippen LogP contribution in [0.5, 0.6) is 5.88 Å². The number of H-pyrrole nitrogens is 1. The van der Waals surface area contributed by atoms with Gasteiger partial charge in [-0.15, -0.1) is 10.2 Å². The van der Waals surface area contributed by atoms with Crippen LogP contribution in [0.2, 0.25) is 0 Å². The summed E-state index contributed by atoms with van der Waals surface area (Å²) in [6, 6.07) is 6.95. The fourth-order valence-corrected chi connectivity index (χ4v) is 2.44. The Balaban J connectivity index is 2.60. The van der Waals surface area contributed by atoms with E-state index in [9.17, 15) is 18.3 Å². The highest BCUT2D eigenvalue weighted by Gasteiger charge is 2.16. The summed E-state index contributed by atoms with van der Waals surface area (Å²) < 4.78 is 31.6. The number of azo groups is 1. The van der Waals surface area contributed by atoms with Crippen molar-refractivity contribution in [3.8, 4) is 11.9 Å². The lowest BCUT2D eigenvalue weighted by Crippen LogP contribution is -2.11. The van der Waals surface area contributed by atoms with Gasteiger partial charge < -0.3 is 5.11 Å². The normalized spacial score (nSPS) is 11.5. The molecule has 1 aromatic carbocycles. The highest BCUT2D eigenvalue weighted by Crippen LogP contribution is 2.31. The Hall–Kier alpha value is -3.03. The van der Waals surface area contributed by atoms with Crippen molar-refractivity contribution in [1.29, 1.82) is 5.26 Å². The maximum atomic E-state index is 11.5. The number of pyridine rings is 1. The topological polar surface area (TPSA) is 156 Å². The molecular weight excluding hydrogens is 324 g/mol. The Morgan fingerprint density at radius 3 is 2.52 bits per heavy atom. The zero-order chi connectivity index (χ0) is 17.2. The molecule has 0 spiro atoms. The molecule has 2 aromatic rings. The number of nitrogens with one attached hydrogen (secondary N) is 1. The molecule has 0 aliphatic rings. The number of rotatable bonds is 3. The summed E-state index contributed by atoms with van der Waals surface area (Å²) in [5.41, 5.74) is -1.30. The lowest BCUT2D eigenvalue weighted by Gasteiger charge is -2.04. The van der Waals surface area contributed by atoms with Crippen molar-refractivity contribution in [3.63, 3.8) is 0 Å². The van der Waals surface area contributed by atoms with Crippen LogP contribution in [0.1, 0.15) is 11.1 Å². The van der Waals surface area contributed by atoms with Gasteiger partial charge in [-0.3, -0.25) is 14.3 Å². The van der Waals surface area contributed by atoms with Gasteiger partial charge in [0.1, 0.15) is 27.9 Å². The first-order valence-corrected chi connectivity index (χ1v) is 7.54. The van der Waals surface area contributed by atoms with Crippen LogP contribution in [0.15, 0.2) is 44.2 Å². The van der Waals surface area contributed by atoms with E-state index in [4.69, 9.17) is 9.81 Å². The first kappa shape index (κ1) is 16.3. The Bertz CT molecular complexity index is 1000. The molecule has 3 N–H and O–H groups in total. The first-order valence-electron chi connectivity index (χ1n) is 6.10. The molecule has 0 amide bonds. The van der Waals surface area contributed by atoms with Gasteiger partial charge in [-0.1, -0.05) is 12.1 Å². The fraction of sp³-hybridized carbons (Fsp3) is 0.0769. The van der Waals surface area contributed by atoms with Crippen LogP contribution in [0, 0.1) is 18.3 Å². The molecule has 1 heterocycles. The quantitative estimate of drug-likeness (QED) is 0.575. The minimum atomic E-state index is -4.50. The molecule has 0 saturated carbocycles. The van der Waals surface area contributed by atoms with Gasteiger partial charge in [0.15, 0.2) is 0 Å². The molecule has 0 fully saturated rings. The van der Waals surface area contributed by atoms with E-state index in [0.29, 0.717) is 0 Å². The second-order valence-electron chi connectivity index (χ2n) is 4.41. The van der Waals surface area contributed by atoms with Crippen LogP contribution >= 0.6 is 0 Å². The third kappa shape index (κ3) is 3.25. The second-order valence-corrected chi connectivity index (χ2v) is 5.80. The summed E-state index contributed by atoms with van der Waals surface area (Å²) in [6.07, 6.45) is 0. The van der Waals surface area contributed by atoms with Crippen molar-refractivity contribution in [3.05, 3.63) is 45.7 Å². The Morgan fingerprint density at radius 2 is 1.91 bits per heavy atom. The van der Waals surface area contributed by atoms with Gasteiger partial charge in [0.25, 0.3) is 15.7 Å². The van der Waals surface area contributed by atoms with Crippen LogP contribution < -0.4 is 5.56 Å². The van der Waals surface area contributed by atoms with Crippen LogP contribution in [0.4, 0.5) is 11.4 Å². The van der Waals surface area contributed by atoms with Gasteiger partial charge in [0, 0.05) is 5.56 Å². The average molecular weight is 334 g/mol. The maximum absolute atomic E-state index is 11.5. The largest absolute Gasteiger partial charge is 0.493 e. The first-order chi connectivity index (χ1) is 10.8. The number of benzene rings is 1. The molecule has 118 valence electrons. The lowest BCUT2D eigenvalue weighted by molar-refractivity contribution is 0.452. The van der Waals surface area contributed by atoms with Crippen molar-refractivity contribution >= 4 is 21.5 Å². The predicted molar refractivity (Wildman–Crippen MR) is 78.6 cm³/mol. The molecule has 0 unspecified atom stereocenters. The van der Waals surface area contributed by atoms with Gasteiger partial charge in [-0.2, -0.15) is 13.7 Å². The minimum absolute atomic E-state index is 0.0850.